The monoisotopic (exact) mass is 279 g/mol. The van der Waals surface area contributed by atoms with Gasteiger partial charge < -0.3 is 10.6 Å². The lowest BCUT2D eigenvalue weighted by molar-refractivity contribution is -0.128. The SMILES string of the molecule is Nc1ccc(SCC(=O)N2CCCCCCC2)cn1. The molecule has 0 spiro atoms. The van der Waals surface area contributed by atoms with E-state index < -0.39 is 0 Å². The maximum atomic E-state index is 12.2. The Morgan fingerprint density at radius 1 is 1.21 bits per heavy atom. The summed E-state index contributed by atoms with van der Waals surface area (Å²) < 4.78 is 0. The summed E-state index contributed by atoms with van der Waals surface area (Å²) in [4.78, 5) is 19.2. The molecular weight excluding hydrogens is 258 g/mol. The van der Waals surface area contributed by atoms with Crippen LogP contribution in [0.3, 0.4) is 0 Å². The Morgan fingerprint density at radius 3 is 2.53 bits per heavy atom. The molecule has 4 nitrogen and oxygen atoms in total. The van der Waals surface area contributed by atoms with Crippen LogP contribution in [0.1, 0.15) is 32.1 Å². The van der Waals surface area contributed by atoms with Crippen molar-refractivity contribution in [3.8, 4) is 0 Å². The van der Waals surface area contributed by atoms with E-state index in [-0.39, 0.29) is 5.91 Å². The minimum Gasteiger partial charge on any atom is -0.384 e. The topological polar surface area (TPSA) is 59.2 Å². The summed E-state index contributed by atoms with van der Waals surface area (Å²) >= 11 is 1.53. The number of anilines is 1. The summed E-state index contributed by atoms with van der Waals surface area (Å²) in [5.74, 6) is 1.24. The Balaban J connectivity index is 1.80. The van der Waals surface area contributed by atoms with Gasteiger partial charge in [-0.15, -0.1) is 11.8 Å². The van der Waals surface area contributed by atoms with Crippen LogP contribution in [0.25, 0.3) is 0 Å². The molecule has 0 aromatic carbocycles. The third-order valence-electron chi connectivity index (χ3n) is 3.33. The molecule has 0 aliphatic carbocycles. The molecule has 1 aliphatic heterocycles. The van der Waals surface area contributed by atoms with E-state index in [4.69, 9.17) is 5.73 Å². The lowest BCUT2D eigenvalue weighted by Crippen LogP contribution is -2.35. The number of amides is 1. The maximum absolute atomic E-state index is 12.2. The molecule has 104 valence electrons. The molecular formula is C14H21N3OS. The molecule has 0 radical (unpaired) electrons. The number of nitrogens with two attached hydrogens (primary N) is 1. The summed E-state index contributed by atoms with van der Waals surface area (Å²) in [6.45, 7) is 1.83. The van der Waals surface area contributed by atoms with Gasteiger partial charge in [0.1, 0.15) is 5.82 Å². The molecule has 0 unspecified atom stereocenters. The summed E-state index contributed by atoms with van der Waals surface area (Å²) in [5, 5.41) is 0. The predicted octanol–water partition coefficient (Wildman–Crippen LogP) is 2.55. The van der Waals surface area contributed by atoms with Gasteiger partial charge in [0.25, 0.3) is 0 Å². The van der Waals surface area contributed by atoms with Crippen molar-refractivity contribution in [1.29, 1.82) is 0 Å². The van der Waals surface area contributed by atoms with Gasteiger partial charge in [0.15, 0.2) is 0 Å². The van der Waals surface area contributed by atoms with Crippen molar-refractivity contribution < 1.29 is 4.79 Å². The van der Waals surface area contributed by atoms with Gasteiger partial charge in [0.2, 0.25) is 5.91 Å². The Kier molecular flexibility index (Phi) is 5.51. The highest BCUT2D eigenvalue weighted by Gasteiger charge is 2.14. The molecule has 1 aromatic heterocycles. The second-order valence-corrected chi connectivity index (χ2v) is 5.90. The van der Waals surface area contributed by atoms with Crippen LogP contribution >= 0.6 is 11.8 Å². The number of nitrogen functional groups attached to an aromatic ring is 1. The number of carbonyl (C=O) groups excluding carboxylic acids is 1. The number of aromatic nitrogens is 1. The zero-order valence-electron chi connectivity index (χ0n) is 11.2. The van der Waals surface area contributed by atoms with E-state index in [2.05, 4.69) is 4.98 Å². The molecule has 2 N–H and O–H groups in total. The molecule has 1 aromatic rings. The van der Waals surface area contributed by atoms with E-state index in [9.17, 15) is 4.79 Å². The first-order valence-corrected chi connectivity index (χ1v) is 7.86. The zero-order valence-corrected chi connectivity index (χ0v) is 12.0. The van der Waals surface area contributed by atoms with Gasteiger partial charge in [-0.25, -0.2) is 4.98 Å². The number of nitrogens with zero attached hydrogens (tertiary/aromatic N) is 2. The van der Waals surface area contributed by atoms with E-state index in [0.29, 0.717) is 11.6 Å². The number of rotatable bonds is 3. The molecule has 2 rings (SSSR count). The number of hydrogen-bond donors (Lipinski definition) is 1. The van der Waals surface area contributed by atoms with Crippen LogP contribution in [0.15, 0.2) is 23.2 Å². The summed E-state index contributed by atoms with van der Waals surface area (Å²) in [6.07, 6.45) is 7.81. The number of likely N-dealkylation sites (tertiary alicyclic amines) is 1. The average Bonchev–Trinajstić information content (AvgIpc) is 2.37. The van der Waals surface area contributed by atoms with Crippen molar-refractivity contribution >= 4 is 23.5 Å². The van der Waals surface area contributed by atoms with Crippen LogP contribution in [0, 0.1) is 0 Å². The van der Waals surface area contributed by atoms with Crippen molar-refractivity contribution in [2.45, 2.75) is 37.0 Å². The second-order valence-electron chi connectivity index (χ2n) is 4.86. The molecule has 0 atom stereocenters. The van der Waals surface area contributed by atoms with Gasteiger partial charge in [-0.3, -0.25) is 4.79 Å². The van der Waals surface area contributed by atoms with Crippen molar-refractivity contribution in [3.63, 3.8) is 0 Å². The van der Waals surface area contributed by atoms with Crippen molar-refractivity contribution in [3.05, 3.63) is 18.3 Å². The summed E-state index contributed by atoms with van der Waals surface area (Å²) in [6, 6.07) is 3.68. The summed E-state index contributed by atoms with van der Waals surface area (Å²) in [5.41, 5.74) is 5.54. The first kappa shape index (κ1) is 14.2. The maximum Gasteiger partial charge on any atom is 0.232 e. The quantitative estimate of drug-likeness (QED) is 0.864. The van der Waals surface area contributed by atoms with Crippen molar-refractivity contribution in [2.24, 2.45) is 0 Å². The smallest absolute Gasteiger partial charge is 0.232 e. The zero-order chi connectivity index (χ0) is 13.5. The standard InChI is InChI=1S/C14H21N3OS/c15-13-7-6-12(10-16-13)19-11-14(18)17-8-4-2-1-3-5-9-17/h6-7,10H,1-5,8-9,11H2,(H2,15,16). The fraction of sp³-hybridized carbons (Fsp3) is 0.571. The lowest BCUT2D eigenvalue weighted by atomic mass is 10.1. The minimum absolute atomic E-state index is 0.240. The van der Waals surface area contributed by atoms with Crippen LogP contribution in [0.2, 0.25) is 0 Å². The first-order chi connectivity index (χ1) is 9.25. The van der Waals surface area contributed by atoms with E-state index in [1.54, 1.807) is 12.3 Å². The van der Waals surface area contributed by atoms with E-state index in [1.165, 1.54) is 31.0 Å². The highest BCUT2D eigenvalue weighted by molar-refractivity contribution is 8.00. The van der Waals surface area contributed by atoms with Crippen LogP contribution in [-0.4, -0.2) is 34.6 Å². The van der Waals surface area contributed by atoms with E-state index in [0.717, 1.165) is 30.8 Å². The average molecular weight is 279 g/mol. The summed E-state index contributed by atoms with van der Waals surface area (Å²) in [7, 11) is 0. The molecule has 1 saturated heterocycles. The number of pyridine rings is 1. The van der Waals surface area contributed by atoms with Crippen LogP contribution < -0.4 is 5.73 Å². The number of thioether (sulfide) groups is 1. The molecule has 5 heteroatoms. The fourth-order valence-corrected chi connectivity index (χ4v) is 2.97. The van der Waals surface area contributed by atoms with Gasteiger partial charge in [-0.2, -0.15) is 0 Å². The molecule has 1 aliphatic rings. The number of carbonyl (C=O) groups is 1. The highest BCUT2D eigenvalue weighted by Crippen LogP contribution is 2.19. The van der Waals surface area contributed by atoms with Gasteiger partial charge in [0.05, 0.1) is 5.75 Å². The van der Waals surface area contributed by atoms with Crippen LogP contribution in [-0.2, 0) is 4.79 Å². The fourth-order valence-electron chi connectivity index (χ4n) is 2.21. The first-order valence-electron chi connectivity index (χ1n) is 6.88. The Bertz CT molecular complexity index is 400. The second kappa shape index (κ2) is 7.38. The highest BCUT2D eigenvalue weighted by atomic mass is 32.2. The normalized spacial score (nSPS) is 16.7. The Hall–Kier alpha value is -1.23. The predicted molar refractivity (Wildman–Crippen MR) is 79.0 cm³/mol. The van der Waals surface area contributed by atoms with Crippen LogP contribution in [0.4, 0.5) is 5.82 Å². The molecule has 1 fully saturated rings. The van der Waals surface area contributed by atoms with E-state index in [1.807, 2.05) is 11.0 Å². The van der Waals surface area contributed by atoms with Gasteiger partial charge in [-0.1, -0.05) is 19.3 Å². The molecule has 19 heavy (non-hydrogen) atoms. The third-order valence-corrected chi connectivity index (χ3v) is 4.30. The molecule has 2 heterocycles. The largest absolute Gasteiger partial charge is 0.384 e. The Morgan fingerprint density at radius 2 is 1.89 bits per heavy atom. The Labute approximate surface area is 118 Å². The minimum atomic E-state index is 0.240. The molecule has 1 amide bonds. The third kappa shape index (κ3) is 4.74. The van der Waals surface area contributed by atoms with Crippen molar-refractivity contribution in [2.75, 3.05) is 24.6 Å². The van der Waals surface area contributed by atoms with Gasteiger partial charge in [-0.05, 0) is 25.0 Å². The number of hydrogen-bond acceptors (Lipinski definition) is 4. The molecule has 0 saturated carbocycles. The lowest BCUT2D eigenvalue weighted by Gasteiger charge is -2.24. The van der Waals surface area contributed by atoms with E-state index >= 15 is 0 Å². The van der Waals surface area contributed by atoms with Crippen molar-refractivity contribution in [1.82, 2.24) is 9.88 Å². The van der Waals surface area contributed by atoms with Gasteiger partial charge >= 0.3 is 0 Å². The van der Waals surface area contributed by atoms with Gasteiger partial charge in [0, 0.05) is 24.2 Å². The van der Waals surface area contributed by atoms with Crippen LogP contribution in [0.5, 0.6) is 0 Å². The molecule has 0 bridgehead atoms.